The summed E-state index contributed by atoms with van der Waals surface area (Å²) in [6.07, 6.45) is 2.81. The van der Waals surface area contributed by atoms with Gasteiger partial charge in [0.1, 0.15) is 16.3 Å². The molecule has 0 fully saturated rings. The van der Waals surface area contributed by atoms with Gasteiger partial charge in [0.05, 0.1) is 42.4 Å². The molecule has 2 aromatic heterocycles. The van der Waals surface area contributed by atoms with Crippen molar-refractivity contribution in [1.82, 2.24) is 14.2 Å². The van der Waals surface area contributed by atoms with Gasteiger partial charge in [-0.3, -0.25) is 14.6 Å². The lowest BCUT2D eigenvalue weighted by Crippen LogP contribution is -2.44. The van der Waals surface area contributed by atoms with E-state index in [0.717, 1.165) is 4.31 Å². The van der Waals surface area contributed by atoms with E-state index in [1.165, 1.54) is 54.8 Å². The second kappa shape index (κ2) is 12.6. The molecule has 0 N–H and O–H groups in total. The number of nitrogens with zero attached hydrogens (tertiary/aromatic N) is 3. The summed E-state index contributed by atoms with van der Waals surface area (Å²) in [5.74, 6) is -1.01. The number of amides is 1. The van der Waals surface area contributed by atoms with Crippen LogP contribution in [0.15, 0.2) is 105 Å². The van der Waals surface area contributed by atoms with Crippen molar-refractivity contribution in [3.63, 3.8) is 0 Å². The van der Waals surface area contributed by atoms with Gasteiger partial charge in [-0.15, -0.1) is 0 Å². The first-order chi connectivity index (χ1) is 20.3. The van der Waals surface area contributed by atoms with E-state index in [9.17, 15) is 22.4 Å². The average molecular weight is 590 g/mol. The van der Waals surface area contributed by atoms with Crippen LogP contribution in [0.1, 0.15) is 11.1 Å². The molecule has 0 radical (unpaired) electrons. The predicted molar refractivity (Wildman–Crippen MR) is 156 cm³/mol. The Kier molecular flexibility index (Phi) is 8.72. The average Bonchev–Trinajstić information content (AvgIpc) is 3.00. The normalized spacial score (nSPS) is 11.8. The number of carbonyl (C=O) groups is 1. The van der Waals surface area contributed by atoms with Gasteiger partial charge < -0.3 is 14.1 Å². The number of methoxy groups -OCH3 is 1. The highest BCUT2D eigenvalue weighted by Crippen LogP contribution is 2.24. The fraction of sp³-hybridized carbons (Fsp3) is 0.194. The SMILES string of the molecule is COCCN(CC(=O)N(Cc1ccc(F)cc1)Cc1coc2ccccc2c1=O)S(=O)(=O)c1cccc2cccnc12. The minimum atomic E-state index is -4.20. The molecule has 0 aliphatic rings. The lowest BCUT2D eigenvalue weighted by atomic mass is 10.1. The summed E-state index contributed by atoms with van der Waals surface area (Å²) in [5, 5.41) is 0.995. The number of para-hydroxylation sites is 2. The van der Waals surface area contributed by atoms with Crippen molar-refractivity contribution in [2.45, 2.75) is 18.0 Å². The number of hydrogen-bond donors (Lipinski definition) is 0. The maximum absolute atomic E-state index is 13.9. The number of benzene rings is 3. The third-order valence-corrected chi connectivity index (χ3v) is 8.70. The van der Waals surface area contributed by atoms with E-state index in [4.69, 9.17) is 9.15 Å². The molecule has 11 heteroatoms. The molecule has 0 unspecified atom stereocenters. The number of pyridine rings is 1. The smallest absolute Gasteiger partial charge is 0.245 e. The number of carbonyl (C=O) groups excluding carboxylic acids is 1. The van der Waals surface area contributed by atoms with Crippen molar-refractivity contribution in [2.75, 3.05) is 26.8 Å². The number of aromatic nitrogens is 1. The van der Waals surface area contributed by atoms with Gasteiger partial charge in [0, 0.05) is 31.8 Å². The molecule has 3 aromatic carbocycles. The second-order valence-electron chi connectivity index (χ2n) is 9.63. The zero-order valence-corrected chi connectivity index (χ0v) is 23.6. The summed E-state index contributed by atoms with van der Waals surface area (Å²) in [6.45, 7) is -0.751. The van der Waals surface area contributed by atoms with Gasteiger partial charge in [-0.1, -0.05) is 42.5 Å². The van der Waals surface area contributed by atoms with Gasteiger partial charge in [-0.25, -0.2) is 12.8 Å². The van der Waals surface area contributed by atoms with Crippen molar-refractivity contribution in [1.29, 1.82) is 0 Å². The maximum Gasteiger partial charge on any atom is 0.245 e. The number of fused-ring (bicyclic) bond motifs is 2. The molecule has 1 amide bonds. The number of hydrogen-bond acceptors (Lipinski definition) is 7. The van der Waals surface area contributed by atoms with E-state index in [2.05, 4.69) is 4.98 Å². The third kappa shape index (κ3) is 6.23. The first-order valence-corrected chi connectivity index (χ1v) is 14.6. The minimum absolute atomic E-state index is 0.000626. The summed E-state index contributed by atoms with van der Waals surface area (Å²) >= 11 is 0. The lowest BCUT2D eigenvalue weighted by molar-refractivity contribution is -0.132. The fourth-order valence-electron chi connectivity index (χ4n) is 4.63. The molecule has 216 valence electrons. The molecule has 0 aliphatic carbocycles. The summed E-state index contributed by atoms with van der Waals surface area (Å²) in [6, 6.07) is 20.6. The monoisotopic (exact) mass is 589 g/mol. The molecular formula is C31H28FN3O6S. The Morgan fingerprint density at radius 3 is 2.52 bits per heavy atom. The Morgan fingerprint density at radius 2 is 1.74 bits per heavy atom. The number of rotatable bonds is 11. The van der Waals surface area contributed by atoms with E-state index in [1.807, 2.05) is 0 Å². The molecule has 9 nitrogen and oxygen atoms in total. The quantitative estimate of drug-likeness (QED) is 0.225. The van der Waals surface area contributed by atoms with Crippen LogP contribution in [0.5, 0.6) is 0 Å². The van der Waals surface area contributed by atoms with Crippen LogP contribution < -0.4 is 5.43 Å². The molecule has 0 saturated heterocycles. The van der Waals surface area contributed by atoms with Gasteiger partial charge in [0.25, 0.3) is 0 Å². The predicted octanol–water partition coefficient (Wildman–Crippen LogP) is 4.35. The Bertz CT molecular complexity index is 1890. The molecule has 5 rings (SSSR count). The molecule has 5 aromatic rings. The molecule has 42 heavy (non-hydrogen) atoms. The van der Waals surface area contributed by atoms with Crippen LogP contribution in [0, 0.1) is 5.82 Å². The van der Waals surface area contributed by atoms with Crippen molar-refractivity contribution < 1.29 is 26.8 Å². The van der Waals surface area contributed by atoms with Crippen molar-refractivity contribution in [3.05, 3.63) is 118 Å². The largest absolute Gasteiger partial charge is 0.464 e. The third-order valence-electron chi connectivity index (χ3n) is 6.82. The Hall–Kier alpha value is -4.45. The highest BCUT2D eigenvalue weighted by molar-refractivity contribution is 7.89. The van der Waals surface area contributed by atoms with Gasteiger partial charge in [-0.2, -0.15) is 4.31 Å². The molecule has 0 spiro atoms. The van der Waals surface area contributed by atoms with E-state index in [1.54, 1.807) is 48.5 Å². The minimum Gasteiger partial charge on any atom is -0.464 e. The van der Waals surface area contributed by atoms with Crippen LogP contribution >= 0.6 is 0 Å². The van der Waals surface area contributed by atoms with E-state index in [-0.39, 0.29) is 47.6 Å². The van der Waals surface area contributed by atoms with Gasteiger partial charge >= 0.3 is 0 Å². The fourth-order valence-corrected chi connectivity index (χ4v) is 6.17. The summed E-state index contributed by atoms with van der Waals surface area (Å²) in [4.78, 5) is 32.7. The summed E-state index contributed by atoms with van der Waals surface area (Å²) in [5.41, 5.74) is 1.20. The van der Waals surface area contributed by atoms with Crippen LogP contribution in [0.3, 0.4) is 0 Å². The van der Waals surface area contributed by atoms with E-state index >= 15 is 0 Å². The number of ether oxygens (including phenoxy) is 1. The van der Waals surface area contributed by atoms with Crippen LogP contribution in [0.2, 0.25) is 0 Å². The van der Waals surface area contributed by atoms with E-state index < -0.39 is 28.3 Å². The van der Waals surface area contributed by atoms with E-state index in [0.29, 0.717) is 21.9 Å². The van der Waals surface area contributed by atoms with Crippen LogP contribution in [0.4, 0.5) is 4.39 Å². The van der Waals surface area contributed by atoms with Crippen molar-refractivity contribution in [2.24, 2.45) is 0 Å². The van der Waals surface area contributed by atoms with Crippen LogP contribution in [-0.2, 0) is 32.6 Å². The highest BCUT2D eigenvalue weighted by atomic mass is 32.2. The molecule has 0 saturated carbocycles. The van der Waals surface area contributed by atoms with Crippen molar-refractivity contribution in [3.8, 4) is 0 Å². The van der Waals surface area contributed by atoms with Gasteiger partial charge in [-0.05, 0) is 42.0 Å². The lowest BCUT2D eigenvalue weighted by Gasteiger charge is -2.27. The van der Waals surface area contributed by atoms with Crippen LogP contribution in [-0.4, -0.2) is 55.3 Å². The molecule has 0 aliphatic heterocycles. The standard InChI is InChI=1S/C31H28FN3O6S/c1-40-17-16-35(42(38,39)28-10-4-6-23-7-5-15-33-30(23)28)20-29(36)34(18-22-11-13-25(32)14-12-22)19-24-21-41-27-9-3-2-8-26(27)31(24)37/h2-15,21H,16-20H2,1H3. The second-order valence-corrected chi connectivity index (χ2v) is 11.5. The Balaban J connectivity index is 1.50. The highest BCUT2D eigenvalue weighted by Gasteiger charge is 2.30. The number of halogens is 1. The van der Waals surface area contributed by atoms with Crippen molar-refractivity contribution >= 4 is 37.8 Å². The first-order valence-electron chi connectivity index (χ1n) is 13.1. The summed E-state index contributed by atoms with van der Waals surface area (Å²) < 4.78 is 53.3. The Labute approximate surface area is 241 Å². The van der Waals surface area contributed by atoms with Gasteiger partial charge in [0.15, 0.2) is 5.43 Å². The molecule has 2 heterocycles. The summed E-state index contributed by atoms with van der Waals surface area (Å²) in [7, 11) is -2.77. The van der Waals surface area contributed by atoms with Crippen LogP contribution in [0.25, 0.3) is 21.9 Å². The Morgan fingerprint density at radius 1 is 0.976 bits per heavy atom. The molecule has 0 bridgehead atoms. The maximum atomic E-state index is 13.9. The topological polar surface area (TPSA) is 110 Å². The van der Waals surface area contributed by atoms with Gasteiger partial charge in [0.2, 0.25) is 15.9 Å². The zero-order valence-electron chi connectivity index (χ0n) is 22.8. The first kappa shape index (κ1) is 29.1. The number of sulfonamides is 1. The molecular weight excluding hydrogens is 561 g/mol. The molecule has 0 atom stereocenters. The zero-order chi connectivity index (χ0) is 29.7.